The smallest absolute Gasteiger partial charge is 0.274 e. The standard InChI is InChI=1S/C20H32N4O2S/c1-3-9-24-18-7-6-16(21-8-5-12-26-4-2)15-17(18)19(22-24)20(25)23-10-13-27-14-11-23/h3,16,21H,1,4-15H2,2H3/t16-/m1/s1. The minimum Gasteiger partial charge on any atom is -0.382 e. The molecule has 1 N–H and O–H groups in total. The Balaban J connectivity index is 1.70. The van der Waals surface area contributed by atoms with E-state index >= 15 is 0 Å². The maximum Gasteiger partial charge on any atom is 0.274 e. The van der Waals surface area contributed by atoms with Crippen molar-refractivity contribution in [1.82, 2.24) is 20.0 Å². The first-order valence-corrected chi connectivity index (χ1v) is 11.3. The molecule has 150 valence electrons. The highest BCUT2D eigenvalue weighted by molar-refractivity contribution is 7.99. The van der Waals surface area contributed by atoms with Gasteiger partial charge in [0.2, 0.25) is 0 Å². The number of ether oxygens (including phenoxy) is 1. The second-order valence-corrected chi connectivity index (χ2v) is 8.32. The number of hydrogen-bond acceptors (Lipinski definition) is 5. The fourth-order valence-corrected chi connectivity index (χ4v) is 4.75. The molecule has 0 saturated carbocycles. The van der Waals surface area contributed by atoms with E-state index < -0.39 is 0 Å². The largest absolute Gasteiger partial charge is 0.382 e. The van der Waals surface area contributed by atoms with Crippen LogP contribution in [0.4, 0.5) is 0 Å². The summed E-state index contributed by atoms with van der Waals surface area (Å²) in [6, 6.07) is 0.406. The van der Waals surface area contributed by atoms with Gasteiger partial charge in [-0.3, -0.25) is 9.48 Å². The quantitative estimate of drug-likeness (QED) is 0.515. The molecule has 3 rings (SSSR count). The number of thioether (sulfide) groups is 1. The zero-order valence-electron chi connectivity index (χ0n) is 16.4. The number of amides is 1. The van der Waals surface area contributed by atoms with E-state index in [1.807, 2.05) is 34.3 Å². The van der Waals surface area contributed by atoms with Gasteiger partial charge in [0.05, 0.1) is 6.54 Å². The zero-order valence-corrected chi connectivity index (χ0v) is 17.2. The summed E-state index contributed by atoms with van der Waals surface area (Å²) < 4.78 is 7.40. The molecule has 6 nitrogen and oxygen atoms in total. The third kappa shape index (κ3) is 5.15. The summed E-state index contributed by atoms with van der Waals surface area (Å²) in [5, 5.41) is 8.35. The average molecular weight is 393 g/mol. The molecule has 0 radical (unpaired) electrons. The lowest BCUT2D eigenvalue weighted by Crippen LogP contribution is -2.39. The minimum absolute atomic E-state index is 0.103. The third-order valence-corrected chi connectivity index (χ3v) is 6.19. The Bertz CT molecular complexity index is 640. The van der Waals surface area contributed by atoms with Gasteiger partial charge < -0.3 is 15.0 Å². The van der Waals surface area contributed by atoms with E-state index in [1.54, 1.807) is 0 Å². The van der Waals surface area contributed by atoms with Crippen molar-refractivity contribution in [2.24, 2.45) is 0 Å². The Labute approximate surface area is 166 Å². The summed E-state index contributed by atoms with van der Waals surface area (Å²) in [5.41, 5.74) is 3.03. The number of rotatable bonds is 9. The monoisotopic (exact) mass is 392 g/mol. The van der Waals surface area contributed by atoms with Crippen molar-refractivity contribution in [2.75, 3.05) is 44.4 Å². The van der Waals surface area contributed by atoms with Gasteiger partial charge in [-0.2, -0.15) is 16.9 Å². The summed E-state index contributed by atoms with van der Waals surface area (Å²) in [4.78, 5) is 15.1. The van der Waals surface area contributed by atoms with Gasteiger partial charge in [0, 0.05) is 55.1 Å². The van der Waals surface area contributed by atoms with Crippen LogP contribution in [-0.2, 0) is 24.1 Å². The van der Waals surface area contributed by atoms with Crippen LogP contribution in [0.25, 0.3) is 0 Å². The highest BCUT2D eigenvalue weighted by atomic mass is 32.2. The first kappa shape index (κ1) is 20.4. The lowest BCUT2D eigenvalue weighted by atomic mass is 9.91. The zero-order chi connectivity index (χ0) is 19.1. The predicted molar refractivity (Wildman–Crippen MR) is 111 cm³/mol. The van der Waals surface area contributed by atoms with Gasteiger partial charge in [-0.15, -0.1) is 6.58 Å². The Morgan fingerprint density at radius 1 is 1.44 bits per heavy atom. The Morgan fingerprint density at radius 3 is 3.00 bits per heavy atom. The van der Waals surface area contributed by atoms with Gasteiger partial charge in [0.15, 0.2) is 5.69 Å². The summed E-state index contributed by atoms with van der Waals surface area (Å²) >= 11 is 1.92. The Morgan fingerprint density at radius 2 is 2.26 bits per heavy atom. The van der Waals surface area contributed by atoms with E-state index in [2.05, 4.69) is 11.9 Å². The summed E-state index contributed by atoms with van der Waals surface area (Å²) in [5.74, 6) is 2.14. The van der Waals surface area contributed by atoms with Crippen LogP contribution in [-0.4, -0.2) is 71.0 Å². The van der Waals surface area contributed by atoms with Gasteiger partial charge >= 0.3 is 0 Å². The van der Waals surface area contributed by atoms with Crippen molar-refractivity contribution < 1.29 is 9.53 Å². The van der Waals surface area contributed by atoms with E-state index in [1.165, 1.54) is 5.69 Å². The Hall–Kier alpha value is -1.31. The maximum absolute atomic E-state index is 13.1. The predicted octanol–water partition coefficient (Wildman–Crippen LogP) is 2.13. The first-order valence-electron chi connectivity index (χ1n) is 10.1. The van der Waals surface area contributed by atoms with Gasteiger partial charge in [-0.25, -0.2) is 0 Å². The number of carbonyl (C=O) groups excluding carboxylic acids is 1. The van der Waals surface area contributed by atoms with Crippen molar-refractivity contribution in [3.63, 3.8) is 0 Å². The van der Waals surface area contributed by atoms with Crippen LogP contribution in [0.5, 0.6) is 0 Å². The maximum atomic E-state index is 13.1. The molecule has 1 saturated heterocycles. The molecule has 0 bridgehead atoms. The molecule has 1 aliphatic carbocycles. The van der Waals surface area contributed by atoms with E-state index in [9.17, 15) is 4.79 Å². The third-order valence-electron chi connectivity index (χ3n) is 5.25. The van der Waals surface area contributed by atoms with Gasteiger partial charge in [-0.1, -0.05) is 6.08 Å². The van der Waals surface area contributed by atoms with Crippen LogP contribution in [0.1, 0.15) is 41.5 Å². The molecule has 2 heterocycles. The van der Waals surface area contributed by atoms with Crippen LogP contribution in [0.2, 0.25) is 0 Å². The number of allylic oxidation sites excluding steroid dienone is 1. The van der Waals surface area contributed by atoms with Crippen LogP contribution in [0, 0.1) is 0 Å². The highest BCUT2D eigenvalue weighted by Gasteiger charge is 2.31. The van der Waals surface area contributed by atoms with Gasteiger partial charge in [0.1, 0.15) is 0 Å². The fourth-order valence-electron chi connectivity index (χ4n) is 3.85. The second-order valence-electron chi connectivity index (χ2n) is 7.09. The van der Waals surface area contributed by atoms with Crippen molar-refractivity contribution >= 4 is 17.7 Å². The van der Waals surface area contributed by atoms with Gasteiger partial charge in [0.25, 0.3) is 5.91 Å². The number of hydrogen-bond donors (Lipinski definition) is 1. The molecule has 0 spiro atoms. The molecule has 1 aromatic heterocycles. The van der Waals surface area contributed by atoms with Crippen LogP contribution < -0.4 is 5.32 Å². The highest BCUT2D eigenvalue weighted by Crippen LogP contribution is 2.26. The molecule has 0 aromatic carbocycles. The number of aromatic nitrogens is 2. The van der Waals surface area contributed by atoms with Crippen molar-refractivity contribution in [3.8, 4) is 0 Å². The van der Waals surface area contributed by atoms with Crippen molar-refractivity contribution in [2.45, 2.75) is 45.2 Å². The summed E-state index contributed by atoms with van der Waals surface area (Å²) in [7, 11) is 0. The van der Waals surface area contributed by atoms with E-state index in [4.69, 9.17) is 9.84 Å². The summed E-state index contributed by atoms with van der Waals surface area (Å²) in [6.45, 7) is 10.7. The molecule has 1 amide bonds. The fraction of sp³-hybridized carbons (Fsp3) is 0.700. The molecule has 0 unspecified atom stereocenters. The lowest BCUT2D eigenvalue weighted by Gasteiger charge is -2.27. The van der Waals surface area contributed by atoms with E-state index in [-0.39, 0.29) is 5.91 Å². The number of fused-ring (bicyclic) bond motifs is 1. The summed E-state index contributed by atoms with van der Waals surface area (Å²) in [6.07, 6.45) is 5.80. The number of nitrogens with one attached hydrogen (secondary N) is 1. The molecule has 1 atom stereocenters. The number of nitrogens with zero attached hydrogens (tertiary/aromatic N) is 3. The molecule has 7 heteroatoms. The average Bonchev–Trinajstić information content (AvgIpc) is 3.06. The minimum atomic E-state index is 0.103. The molecular weight excluding hydrogens is 360 g/mol. The molecule has 2 aliphatic rings. The molecule has 1 aromatic rings. The molecular formula is C20H32N4O2S. The molecule has 27 heavy (non-hydrogen) atoms. The van der Waals surface area contributed by atoms with Crippen molar-refractivity contribution in [3.05, 3.63) is 29.6 Å². The Kier molecular flexibility index (Phi) is 7.79. The normalized spacial score (nSPS) is 19.7. The second kappa shape index (κ2) is 10.3. The van der Waals surface area contributed by atoms with Crippen LogP contribution in [0.15, 0.2) is 12.7 Å². The van der Waals surface area contributed by atoms with Crippen LogP contribution in [0.3, 0.4) is 0 Å². The topological polar surface area (TPSA) is 59.4 Å². The van der Waals surface area contributed by atoms with Crippen LogP contribution >= 0.6 is 11.8 Å². The van der Waals surface area contributed by atoms with E-state index in [0.717, 1.165) is 75.6 Å². The molecule has 1 fully saturated rings. The lowest BCUT2D eigenvalue weighted by molar-refractivity contribution is 0.0764. The van der Waals surface area contributed by atoms with Crippen molar-refractivity contribution in [1.29, 1.82) is 0 Å². The number of carbonyl (C=O) groups is 1. The molecule has 1 aliphatic heterocycles. The van der Waals surface area contributed by atoms with E-state index in [0.29, 0.717) is 18.3 Å². The first-order chi connectivity index (χ1) is 13.2. The van der Waals surface area contributed by atoms with Gasteiger partial charge in [-0.05, 0) is 39.2 Å². The SMILES string of the molecule is C=CCn1nc(C(=O)N2CCSCC2)c2c1CC[C@@H](NCCCOCC)C2.